The van der Waals surface area contributed by atoms with Crippen LogP contribution in [0.25, 0.3) is 0 Å². The number of fused-ring (bicyclic) bond motifs is 1. The molecular formula is C13H16FNO2. The first-order valence-electron chi connectivity index (χ1n) is 5.73. The van der Waals surface area contributed by atoms with Crippen LogP contribution >= 0.6 is 0 Å². The van der Waals surface area contributed by atoms with Crippen LogP contribution in [0.2, 0.25) is 0 Å². The van der Waals surface area contributed by atoms with Crippen LogP contribution in [0.5, 0.6) is 0 Å². The predicted octanol–water partition coefficient (Wildman–Crippen LogP) is 2.06. The zero-order chi connectivity index (χ0) is 12.4. The lowest BCUT2D eigenvalue weighted by Crippen LogP contribution is -2.35. The molecule has 17 heavy (non-hydrogen) atoms. The van der Waals surface area contributed by atoms with Gasteiger partial charge in [0.25, 0.3) is 0 Å². The van der Waals surface area contributed by atoms with Crippen LogP contribution in [0.1, 0.15) is 17.5 Å². The molecule has 0 saturated carbocycles. The summed E-state index contributed by atoms with van der Waals surface area (Å²) in [5.74, 6) is -0.590. The summed E-state index contributed by atoms with van der Waals surface area (Å²) in [6.45, 7) is 2.78. The molecule has 0 bridgehead atoms. The molecule has 0 radical (unpaired) electrons. The topological polar surface area (TPSA) is 29.5 Å². The number of halogens is 1. The Labute approximate surface area is 100 Å². The Morgan fingerprint density at radius 3 is 3.00 bits per heavy atom. The molecule has 0 unspecified atom stereocenters. The number of anilines is 1. The molecule has 1 heterocycles. The van der Waals surface area contributed by atoms with Crippen LogP contribution in [0.15, 0.2) is 12.1 Å². The second-order valence-electron chi connectivity index (χ2n) is 4.29. The Morgan fingerprint density at radius 2 is 2.29 bits per heavy atom. The van der Waals surface area contributed by atoms with Crippen molar-refractivity contribution in [3.63, 3.8) is 0 Å². The monoisotopic (exact) mass is 237 g/mol. The van der Waals surface area contributed by atoms with Gasteiger partial charge in [-0.25, -0.2) is 4.39 Å². The zero-order valence-corrected chi connectivity index (χ0v) is 10.1. The van der Waals surface area contributed by atoms with E-state index in [1.807, 2.05) is 6.92 Å². The number of nitrogens with zero attached hydrogens (tertiary/aromatic N) is 1. The number of rotatable bonds is 2. The Kier molecular flexibility index (Phi) is 3.31. The highest BCUT2D eigenvalue weighted by Crippen LogP contribution is 2.32. The normalized spacial score (nSPS) is 14.4. The number of ether oxygens (including phenoxy) is 1. The summed E-state index contributed by atoms with van der Waals surface area (Å²) in [5.41, 5.74) is 2.66. The first-order chi connectivity index (χ1) is 8.13. The van der Waals surface area contributed by atoms with E-state index in [0.717, 1.165) is 24.0 Å². The maximum atomic E-state index is 13.9. The van der Waals surface area contributed by atoms with Gasteiger partial charge in [-0.15, -0.1) is 0 Å². The van der Waals surface area contributed by atoms with Crippen molar-refractivity contribution in [1.82, 2.24) is 0 Å². The molecule has 1 aliphatic rings. The second-order valence-corrected chi connectivity index (χ2v) is 4.29. The fourth-order valence-electron chi connectivity index (χ4n) is 2.30. The van der Waals surface area contributed by atoms with Crippen molar-refractivity contribution >= 4 is 11.7 Å². The van der Waals surface area contributed by atoms with Crippen LogP contribution in [0.4, 0.5) is 10.1 Å². The first-order valence-corrected chi connectivity index (χ1v) is 5.73. The standard InChI is InChI=1S/C13H16FNO2/c1-9-5-6-11(14)13-10(9)4-3-7-15(13)8-12(16)17-2/h5-6H,3-4,7-8H2,1-2H3. The van der Waals surface area contributed by atoms with Gasteiger partial charge >= 0.3 is 5.97 Å². The lowest BCUT2D eigenvalue weighted by Gasteiger charge is -2.31. The molecule has 3 nitrogen and oxygen atoms in total. The molecular weight excluding hydrogens is 221 g/mol. The number of benzene rings is 1. The summed E-state index contributed by atoms with van der Waals surface area (Å²) in [5, 5.41) is 0. The van der Waals surface area contributed by atoms with Crippen molar-refractivity contribution in [3.05, 3.63) is 29.1 Å². The lowest BCUT2D eigenvalue weighted by atomic mass is 9.96. The largest absolute Gasteiger partial charge is 0.468 e. The third-order valence-electron chi connectivity index (χ3n) is 3.19. The van der Waals surface area contributed by atoms with Gasteiger partial charge < -0.3 is 9.64 Å². The van der Waals surface area contributed by atoms with E-state index in [2.05, 4.69) is 4.74 Å². The van der Waals surface area contributed by atoms with Gasteiger partial charge in [0.2, 0.25) is 0 Å². The summed E-state index contributed by atoms with van der Waals surface area (Å²) in [4.78, 5) is 13.1. The van der Waals surface area contributed by atoms with E-state index in [9.17, 15) is 9.18 Å². The van der Waals surface area contributed by atoms with E-state index in [1.165, 1.54) is 13.2 Å². The van der Waals surface area contributed by atoms with Crippen LogP contribution in [-0.4, -0.2) is 26.2 Å². The number of aryl methyl sites for hydroxylation is 1. The first kappa shape index (κ1) is 11.9. The Balaban J connectivity index is 2.36. The van der Waals surface area contributed by atoms with Crippen molar-refractivity contribution in [2.45, 2.75) is 19.8 Å². The van der Waals surface area contributed by atoms with Crippen molar-refractivity contribution < 1.29 is 13.9 Å². The van der Waals surface area contributed by atoms with Crippen LogP contribution < -0.4 is 4.90 Å². The second kappa shape index (κ2) is 4.73. The number of carbonyl (C=O) groups excluding carboxylic acids is 1. The van der Waals surface area contributed by atoms with E-state index in [1.54, 1.807) is 11.0 Å². The lowest BCUT2D eigenvalue weighted by molar-refractivity contribution is -0.138. The Hall–Kier alpha value is -1.58. The summed E-state index contributed by atoms with van der Waals surface area (Å²) in [6.07, 6.45) is 1.81. The van der Waals surface area contributed by atoms with Crippen molar-refractivity contribution in [2.24, 2.45) is 0 Å². The number of esters is 1. The van der Waals surface area contributed by atoms with Crippen molar-refractivity contribution in [2.75, 3.05) is 25.1 Å². The third kappa shape index (κ3) is 2.25. The number of carbonyl (C=O) groups is 1. The zero-order valence-electron chi connectivity index (χ0n) is 10.1. The maximum Gasteiger partial charge on any atom is 0.325 e. The molecule has 0 fully saturated rings. The van der Waals surface area contributed by atoms with E-state index in [0.29, 0.717) is 12.2 Å². The van der Waals surface area contributed by atoms with Gasteiger partial charge in [-0.05, 0) is 37.0 Å². The fourth-order valence-corrected chi connectivity index (χ4v) is 2.30. The molecule has 4 heteroatoms. The van der Waals surface area contributed by atoms with Gasteiger partial charge in [0.1, 0.15) is 12.4 Å². The summed E-state index contributed by atoms with van der Waals surface area (Å²) in [7, 11) is 1.35. The van der Waals surface area contributed by atoms with Crippen LogP contribution in [0, 0.1) is 12.7 Å². The molecule has 0 N–H and O–H groups in total. The highest BCUT2D eigenvalue weighted by Gasteiger charge is 2.23. The average Bonchev–Trinajstić information content (AvgIpc) is 2.34. The molecule has 0 aromatic heterocycles. The molecule has 0 atom stereocenters. The molecule has 0 saturated heterocycles. The Bertz CT molecular complexity index is 445. The minimum atomic E-state index is -0.334. The molecule has 1 aromatic carbocycles. The highest BCUT2D eigenvalue weighted by atomic mass is 19.1. The fraction of sp³-hybridized carbons (Fsp3) is 0.462. The molecule has 92 valence electrons. The quantitative estimate of drug-likeness (QED) is 0.737. The average molecular weight is 237 g/mol. The van der Waals surface area contributed by atoms with Gasteiger partial charge in [0, 0.05) is 6.54 Å². The molecule has 1 aromatic rings. The van der Waals surface area contributed by atoms with Gasteiger partial charge in [0.15, 0.2) is 0 Å². The minimum Gasteiger partial charge on any atom is -0.468 e. The van der Waals surface area contributed by atoms with Gasteiger partial charge in [-0.1, -0.05) is 6.07 Å². The van der Waals surface area contributed by atoms with Gasteiger partial charge in [-0.3, -0.25) is 4.79 Å². The smallest absolute Gasteiger partial charge is 0.325 e. The molecule has 0 aliphatic carbocycles. The molecule has 2 rings (SSSR count). The summed E-state index contributed by atoms with van der Waals surface area (Å²) >= 11 is 0. The number of methoxy groups -OCH3 is 1. The summed E-state index contributed by atoms with van der Waals surface area (Å²) in [6, 6.07) is 3.25. The minimum absolute atomic E-state index is 0.115. The van der Waals surface area contributed by atoms with E-state index in [-0.39, 0.29) is 18.3 Å². The van der Waals surface area contributed by atoms with Gasteiger partial charge in [-0.2, -0.15) is 0 Å². The SMILES string of the molecule is COC(=O)CN1CCCc2c(C)ccc(F)c21. The van der Waals surface area contributed by atoms with Crippen LogP contribution in [-0.2, 0) is 16.0 Å². The molecule has 1 aliphatic heterocycles. The van der Waals surface area contributed by atoms with E-state index < -0.39 is 0 Å². The van der Waals surface area contributed by atoms with E-state index >= 15 is 0 Å². The van der Waals surface area contributed by atoms with E-state index in [4.69, 9.17) is 0 Å². The number of hydrogen-bond donors (Lipinski definition) is 0. The molecule has 0 amide bonds. The molecule has 0 spiro atoms. The highest BCUT2D eigenvalue weighted by molar-refractivity contribution is 5.77. The predicted molar refractivity (Wildman–Crippen MR) is 63.7 cm³/mol. The van der Waals surface area contributed by atoms with Crippen molar-refractivity contribution in [1.29, 1.82) is 0 Å². The van der Waals surface area contributed by atoms with Gasteiger partial charge in [0.05, 0.1) is 12.8 Å². The number of hydrogen-bond acceptors (Lipinski definition) is 3. The summed E-state index contributed by atoms with van der Waals surface area (Å²) < 4.78 is 18.5. The third-order valence-corrected chi connectivity index (χ3v) is 3.19. The van der Waals surface area contributed by atoms with Crippen molar-refractivity contribution in [3.8, 4) is 0 Å². The maximum absolute atomic E-state index is 13.9. The van der Waals surface area contributed by atoms with Crippen LogP contribution in [0.3, 0.4) is 0 Å². The Morgan fingerprint density at radius 1 is 1.53 bits per heavy atom.